The van der Waals surface area contributed by atoms with Gasteiger partial charge in [0.1, 0.15) is 6.61 Å². The highest BCUT2D eigenvalue weighted by Gasteiger charge is 2.33. The Kier molecular flexibility index (Phi) is 8.19. The number of nitrogens with zero attached hydrogens (tertiary/aromatic N) is 2. The smallest absolute Gasteiger partial charge is 0.338 e. The van der Waals surface area contributed by atoms with E-state index in [0.717, 1.165) is 11.1 Å². The van der Waals surface area contributed by atoms with E-state index in [0.29, 0.717) is 49.1 Å². The summed E-state index contributed by atoms with van der Waals surface area (Å²) in [5, 5.41) is 0.619. The van der Waals surface area contributed by atoms with Crippen LogP contribution in [0.2, 0.25) is 5.02 Å². The maximum atomic E-state index is 14.0. The van der Waals surface area contributed by atoms with Crippen LogP contribution in [0.15, 0.2) is 93.9 Å². The Hall–Kier alpha value is -4.14. The maximum Gasteiger partial charge on any atom is 0.338 e. The number of methoxy groups -OCH3 is 2. The summed E-state index contributed by atoms with van der Waals surface area (Å²) >= 11 is 7.41. The van der Waals surface area contributed by atoms with Crippen molar-refractivity contribution in [3.8, 4) is 11.5 Å². The number of hydrogen-bond donors (Lipinski definition) is 0. The van der Waals surface area contributed by atoms with Crippen molar-refractivity contribution in [1.29, 1.82) is 0 Å². The topological polar surface area (TPSA) is 79.1 Å². The van der Waals surface area contributed by atoms with Crippen LogP contribution in [0.4, 0.5) is 0 Å². The zero-order valence-electron chi connectivity index (χ0n) is 22.2. The number of esters is 1. The van der Waals surface area contributed by atoms with Crippen molar-refractivity contribution >= 4 is 35.0 Å². The zero-order chi connectivity index (χ0) is 28.2. The number of allylic oxidation sites excluding steroid dienone is 1. The number of halogens is 1. The number of thiazole rings is 1. The van der Waals surface area contributed by atoms with Crippen LogP contribution in [-0.2, 0) is 16.1 Å². The van der Waals surface area contributed by atoms with Crippen LogP contribution >= 0.6 is 22.9 Å². The molecule has 0 fully saturated rings. The minimum absolute atomic E-state index is 0.263. The lowest BCUT2D eigenvalue weighted by Crippen LogP contribution is -2.40. The van der Waals surface area contributed by atoms with Crippen LogP contribution in [0.5, 0.6) is 11.5 Å². The fourth-order valence-corrected chi connectivity index (χ4v) is 5.92. The van der Waals surface area contributed by atoms with Crippen molar-refractivity contribution < 1.29 is 19.0 Å². The van der Waals surface area contributed by atoms with Gasteiger partial charge >= 0.3 is 5.97 Å². The molecule has 0 amide bonds. The largest absolute Gasteiger partial charge is 0.493 e. The lowest BCUT2D eigenvalue weighted by atomic mass is 9.95. The Morgan fingerprint density at radius 1 is 1.07 bits per heavy atom. The maximum absolute atomic E-state index is 14.0. The van der Waals surface area contributed by atoms with E-state index < -0.39 is 12.0 Å². The molecular weight excluding hydrogens is 548 g/mol. The SMILES string of the molecule is CCC1=C(C(=O)OC)[C@H](c2ccccc2)n2c(s/c(=C/c3cccc(OC)c3OCc3cccc(Cl)c3)c2=O)=N1. The molecular formula is C31H27ClN2O5S. The minimum atomic E-state index is -0.661. The van der Waals surface area contributed by atoms with E-state index in [1.54, 1.807) is 29.9 Å². The number of benzene rings is 3. The van der Waals surface area contributed by atoms with Crippen LogP contribution in [0.3, 0.4) is 0 Å². The molecule has 1 aliphatic heterocycles. The van der Waals surface area contributed by atoms with Gasteiger partial charge in [0, 0.05) is 10.6 Å². The van der Waals surface area contributed by atoms with Crippen molar-refractivity contribution in [2.45, 2.75) is 26.0 Å². The Bertz CT molecular complexity index is 1780. The highest BCUT2D eigenvalue weighted by molar-refractivity contribution is 7.07. The van der Waals surface area contributed by atoms with Crippen molar-refractivity contribution in [3.05, 3.63) is 125 Å². The molecule has 0 bridgehead atoms. The van der Waals surface area contributed by atoms with Crippen LogP contribution < -0.4 is 24.4 Å². The standard InChI is InChI=1S/C31H27ClN2O5S/c1-4-23-26(30(36)38-3)27(20-11-6-5-7-12-20)34-29(35)25(40-31(34)33-23)17-21-13-9-15-24(37-2)28(21)39-18-19-10-8-14-22(32)16-19/h5-17,27H,4,18H2,1-3H3/b25-17+/t27-/m0/s1. The van der Waals surface area contributed by atoms with Crippen LogP contribution in [0, 0.1) is 0 Å². The molecule has 0 saturated heterocycles. The number of carbonyl (C=O) groups is 1. The number of aromatic nitrogens is 1. The van der Waals surface area contributed by atoms with Gasteiger partial charge in [-0.15, -0.1) is 0 Å². The van der Waals surface area contributed by atoms with E-state index in [2.05, 4.69) is 0 Å². The first-order chi connectivity index (χ1) is 19.4. The molecule has 0 spiro atoms. The van der Waals surface area contributed by atoms with Gasteiger partial charge in [0.05, 0.1) is 36.1 Å². The fourth-order valence-electron chi connectivity index (χ4n) is 4.70. The third-order valence-corrected chi connectivity index (χ3v) is 7.77. The summed E-state index contributed by atoms with van der Waals surface area (Å²) in [6, 6.07) is 21.7. The van der Waals surface area contributed by atoms with Gasteiger partial charge in [0.2, 0.25) is 0 Å². The molecule has 0 radical (unpaired) electrons. The third-order valence-electron chi connectivity index (χ3n) is 6.55. The van der Waals surface area contributed by atoms with E-state index in [9.17, 15) is 9.59 Å². The molecule has 3 aromatic carbocycles. The van der Waals surface area contributed by atoms with Crippen LogP contribution in [0.1, 0.15) is 36.1 Å². The third kappa shape index (κ3) is 5.33. The Labute approximate surface area is 240 Å². The van der Waals surface area contributed by atoms with E-state index in [4.69, 9.17) is 30.8 Å². The molecule has 40 heavy (non-hydrogen) atoms. The number of para-hydroxylation sites is 1. The van der Waals surface area contributed by atoms with Gasteiger partial charge in [-0.2, -0.15) is 0 Å². The average molecular weight is 575 g/mol. The number of hydrogen-bond acceptors (Lipinski definition) is 7. The molecule has 1 aliphatic rings. The molecule has 0 saturated carbocycles. The molecule has 1 atom stereocenters. The minimum Gasteiger partial charge on any atom is -0.493 e. The van der Waals surface area contributed by atoms with E-state index >= 15 is 0 Å². The normalized spacial score (nSPS) is 14.9. The number of rotatable bonds is 8. The zero-order valence-corrected chi connectivity index (χ0v) is 23.8. The summed E-state index contributed by atoms with van der Waals surface area (Å²) in [7, 11) is 2.91. The monoisotopic (exact) mass is 574 g/mol. The van der Waals surface area contributed by atoms with Crippen molar-refractivity contribution in [2.75, 3.05) is 14.2 Å². The van der Waals surface area contributed by atoms with Crippen molar-refractivity contribution in [3.63, 3.8) is 0 Å². The number of carbonyl (C=O) groups excluding carboxylic acids is 1. The molecule has 1 aromatic heterocycles. The second-order valence-corrected chi connectivity index (χ2v) is 10.4. The predicted molar refractivity (Wildman–Crippen MR) is 156 cm³/mol. The van der Waals surface area contributed by atoms with Crippen LogP contribution in [-0.4, -0.2) is 24.8 Å². The number of fused-ring (bicyclic) bond motifs is 1. The number of ether oxygens (including phenoxy) is 3. The summed E-state index contributed by atoms with van der Waals surface area (Å²) in [5.74, 6) is 0.528. The second kappa shape index (κ2) is 11.9. The van der Waals surface area contributed by atoms with Crippen molar-refractivity contribution in [1.82, 2.24) is 4.57 Å². The average Bonchev–Trinajstić information content (AvgIpc) is 3.29. The predicted octanol–water partition coefficient (Wildman–Crippen LogP) is 5.04. The van der Waals surface area contributed by atoms with Gasteiger partial charge in [-0.1, -0.05) is 84.5 Å². The molecule has 204 valence electrons. The summed E-state index contributed by atoms with van der Waals surface area (Å²) in [5.41, 5.74) is 3.06. The van der Waals surface area contributed by atoms with Crippen LogP contribution in [0.25, 0.3) is 6.08 Å². The quantitative estimate of drug-likeness (QED) is 0.276. The first-order valence-electron chi connectivity index (χ1n) is 12.7. The van der Waals surface area contributed by atoms with Gasteiger partial charge < -0.3 is 14.2 Å². The first-order valence-corrected chi connectivity index (χ1v) is 13.9. The highest BCUT2D eigenvalue weighted by atomic mass is 35.5. The van der Waals surface area contributed by atoms with Gasteiger partial charge in [-0.05, 0) is 41.8 Å². The fraction of sp³-hybridized carbons (Fsp3) is 0.194. The summed E-state index contributed by atoms with van der Waals surface area (Å²) in [4.78, 5) is 32.2. The summed E-state index contributed by atoms with van der Waals surface area (Å²) in [6.07, 6.45) is 2.28. The molecule has 9 heteroatoms. The first kappa shape index (κ1) is 27.4. The summed E-state index contributed by atoms with van der Waals surface area (Å²) in [6.45, 7) is 2.19. The van der Waals surface area contributed by atoms with Gasteiger partial charge in [0.25, 0.3) is 5.56 Å². The van der Waals surface area contributed by atoms with Gasteiger partial charge in [-0.25, -0.2) is 9.79 Å². The molecule has 0 N–H and O–H groups in total. The Morgan fingerprint density at radius 2 is 1.85 bits per heavy atom. The van der Waals surface area contributed by atoms with E-state index in [1.807, 2.05) is 67.6 Å². The lowest BCUT2D eigenvalue weighted by molar-refractivity contribution is -0.136. The second-order valence-electron chi connectivity index (χ2n) is 9.00. The molecule has 0 unspecified atom stereocenters. The van der Waals surface area contributed by atoms with Gasteiger partial charge in [0.15, 0.2) is 16.3 Å². The van der Waals surface area contributed by atoms with Crippen molar-refractivity contribution in [2.24, 2.45) is 4.99 Å². The molecule has 4 aromatic rings. The van der Waals surface area contributed by atoms with E-state index in [-0.39, 0.29) is 12.2 Å². The molecule has 7 nitrogen and oxygen atoms in total. The van der Waals surface area contributed by atoms with E-state index in [1.165, 1.54) is 18.4 Å². The lowest BCUT2D eigenvalue weighted by Gasteiger charge is -2.25. The Morgan fingerprint density at radius 3 is 2.55 bits per heavy atom. The molecule has 5 rings (SSSR count). The molecule has 0 aliphatic carbocycles. The summed E-state index contributed by atoms with van der Waals surface area (Å²) < 4.78 is 18.9. The Balaban J connectivity index is 1.65. The highest BCUT2D eigenvalue weighted by Crippen LogP contribution is 2.33. The van der Waals surface area contributed by atoms with Gasteiger partial charge in [-0.3, -0.25) is 9.36 Å². The molecule has 2 heterocycles.